The van der Waals surface area contributed by atoms with Crippen LogP contribution in [0.15, 0.2) is 23.1 Å². The molecule has 20 heavy (non-hydrogen) atoms. The van der Waals surface area contributed by atoms with Crippen LogP contribution in [0.4, 0.5) is 4.79 Å². The van der Waals surface area contributed by atoms with Gasteiger partial charge in [0, 0.05) is 19.0 Å². The standard InChI is InChI=1S/C14H19NO4S/c1-9(2)19-10-7-6-8-11(12(10)13(16)18-5)20-14(17)15(3)4/h6-9H,1-5H3. The average molecular weight is 297 g/mol. The van der Waals surface area contributed by atoms with E-state index >= 15 is 0 Å². The number of ether oxygens (including phenoxy) is 2. The average Bonchev–Trinajstić information content (AvgIpc) is 2.37. The number of methoxy groups -OCH3 is 1. The zero-order valence-corrected chi connectivity index (χ0v) is 13.1. The van der Waals surface area contributed by atoms with Gasteiger partial charge in [0.1, 0.15) is 11.3 Å². The number of hydrogen-bond donors (Lipinski definition) is 0. The van der Waals surface area contributed by atoms with E-state index in [1.807, 2.05) is 13.8 Å². The third kappa shape index (κ3) is 4.16. The van der Waals surface area contributed by atoms with Crippen LogP contribution in [-0.2, 0) is 4.74 Å². The highest BCUT2D eigenvalue weighted by Gasteiger charge is 2.21. The Morgan fingerprint density at radius 1 is 1.25 bits per heavy atom. The third-order valence-corrected chi connectivity index (χ3v) is 3.40. The number of rotatable bonds is 4. The summed E-state index contributed by atoms with van der Waals surface area (Å²) >= 11 is 0.969. The molecule has 5 nitrogen and oxygen atoms in total. The Labute approximate surface area is 123 Å². The molecule has 0 spiro atoms. The molecule has 0 unspecified atom stereocenters. The number of esters is 1. The summed E-state index contributed by atoms with van der Waals surface area (Å²) < 4.78 is 10.4. The van der Waals surface area contributed by atoms with Gasteiger partial charge in [-0.15, -0.1) is 0 Å². The molecule has 0 N–H and O–H groups in total. The Balaban J connectivity index is 3.22. The van der Waals surface area contributed by atoms with Crippen LogP contribution in [-0.4, -0.2) is 43.4 Å². The van der Waals surface area contributed by atoms with Crippen molar-refractivity contribution in [2.24, 2.45) is 0 Å². The Bertz CT molecular complexity index is 500. The van der Waals surface area contributed by atoms with Gasteiger partial charge in [0.2, 0.25) is 0 Å². The molecule has 6 heteroatoms. The number of thioether (sulfide) groups is 1. The lowest BCUT2D eigenvalue weighted by atomic mass is 10.2. The van der Waals surface area contributed by atoms with Crippen LogP contribution in [0.1, 0.15) is 24.2 Å². The molecule has 0 bridgehead atoms. The van der Waals surface area contributed by atoms with Crippen molar-refractivity contribution >= 4 is 23.0 Å². The van der Waals surface area contributed by atoms with Crippen LogP contribution < -0.4 is 4.74 Å². The quantitative estimate of drug-likeness (QED) is 0.631. The minimum atomic E-state index is -0.518. The van der Waals surface area contributed by atoms with Gasteiger partial charge < -0.3 is 14.4 Å². The Morgan fingerprint density at radius 2 is 1.90 bits per heavy atom. The van der Waals surface area contributed by atoms with E-state index in [0.29, 0.717) is 10.6 Å². The molecule has 0 radical (unpaired) electrons. The van der Waals surface area contributed by atoms with Crippen LogP contribution in [0.3, 0.4) is 0 Å². The molecule has 0 aromatic heterocycles. The fraction of sp³-hybridized carbons (Fsp3) is 0.429. The Hall–Kier alpha value is -1.69. The van der Waals surface area contributed by atoms with Crippen molar-refractivity contribution in [3.8, 4) is 5.75 Å². The van der Waals surface area contributed by atoms with Crippen molar-refractivity contribution in [1.29, 1.82) is 0 Å². The maximum absolute atomic E-state index is 11.9. The first kappa shape index (κ1) is 16.4. The first-order valence-corrected chi connectivity index (χ1v) is 6.95. The lowest BCUT2D eigenvalue weighted by Crippen LogP contribution is -2.17. The van der Waals surface area contributed by atoms with Crippen molar-refractivity contribution in [3.63, 3.8) is 0 Å². The molecular weight excluding hydrogens is 278 g/mol. The van der Waals surface area contributed by atoms with E-state index in [0.717, 1.165) is 11.8 Å². The molecule has 1 amide bonds. The second-order valence-electron chi connectivity index (χ2n) is 4.55. The van der Waals surface area contributed by atoms with Gasteiger partial charge in [-0.3, -0.25) is 4.79 Å². The topological polar surface area (TPSA) is 55.8 Å². The summed E-state index contributed by atoms with van der Waals surface area (Å²) in [6.07, 6.45) is -0.0804. The maximum Gasteiger partial charge on any atom is 0.342 e. The number of nitrogens with zero attached hydrogens (tertiary/aromatic N) is 1. The molecule has 1 rings (SSSR count). The first-order chi connectivity index (χ1) is 9.36. The largest absolute Gasteiger partial charge is 0.490 e. The smallest absolute Gasteiger partial charge is 0.342 e. The highest BCUT2D eigenvalue weighted by atomic mass is 32.2. The van der Waals surface area contributed by atoms with Crippen LogP contribution >= 0.6 is 11.8 Å². The monoisotopic (exact) mass is 297 g/mol. The van der Waals surface area contributed by atoms with E-state index in [2.05, 4.69) is 0 Å². The molecule has 1 aromatic carbocycles. The van der Waals surface area contributed by atoms with E-state index < -0.39 is 5.97 Å². The maximum atomic E-state index is 11.9. The Kier molecular flexibility index (Phi) is 5.88. The molecule has 0 heterocycles. The number of carbonyl (C=O) groups excluding carboxylic acids is 2. The summed E-state index contributed by atoms with van der Waals surface area (Å²) in [5.41, 5.74) is 0.281. The SMILES string of the molecule is COC(=O)c1c(OC(C)C)cccc1SC(=O)N(C)C. The summed E-state index contributed by atoms with van der Waals surface area (Å²) in [4.78, 5) is 25.7. The van der Waals surface area contributed by atoms with Crippen molar-refractivity contribution in [1.82, 2.24) is 4.90 Å². The Morgan fingerprint density at radius 3 is 2.40 bits per heavy atom. The van der Waals surface area contributed by atoms with Gasteiger partial charge in [0.05, 0.1) is 13.2 Å². The van der Waals surface area contributed by atoms with Crippen molar-refractivity contribution in [2.75, 3.05) is 21.2 Å². The summed E-state index contributed by atoms with van der Waals surface area (Å²) in [6.45, 7) is 3.73. The minimum absolute atomic E-state index is 0.0804. The fourth-order valence-electron chi connectivity index (χ4n) is 1.44. The third-order valence-electron chi connectivity index (χ3n) is 2.30. The highest BCUT2D eigenvalue weighted by Crippen LogP contribution is 2.32. The zero-order chi connectivity index (χ0) is 15.3. The fourth-order valence-corrected chi connectivity index (χ4v) is 2.24. The van der Waals surface area contributed by atoms with Crippen molar-refractivity contribution in [2.45, 2.75) is 24.8 Å². The molecule has 0 saturated heterocycles. The van der Waals surface area contributed by atoms with E-state index in [1.165, 1.54) is 12.0 Å². The van der Waals surface area contributed by atoms with E-state index in [1.54, 1.807) is 32.3 Å². The molecular formula is C14H19NO4S. The van der Waals surface area contributed by atoms with Crippen LogP contribution in [0, 0.1) is 0 Å². The highest BCUT2D eigenvalue weighted by molar-refractivity contribution is 8.13. The van der Waals surface area contributed by atoms with E-state index in [4.69, 9.17) is 9.47 Å². The number of carbonyl (C=O) groups is 2. The van der Waals surface area contributed by atoms with Gasteiger partial charge >= 0.3 is 5.97 Å². The number of hydrogen-bond acceptors (Lipinski definition) is 5. The first-order valence-electron chi connectivity index (χ1n) is 6.14. The lowest BCUT2D eigenvalue weighted by molar-refractivity contribution is 0.0590. The van der Waals surface area contributed by atoms with Gasteiger partial charge in [-0.1, -0.05) is 6.07 Å². The van der Waals surface area contributed by atoms with Gasteiger partial charge in [0.25, 0.3) is 5.24 Å². The van der Waals surface area contributed by atoms with Crippen LogP contribution in [0.5, 0.6) is 5.75 Å². The van der Waals surface area contributed by atoms with Crippen LogP contribution in [0.2, 0.25) is 0 Å². The molecule has 110 valence electrons. The van der Waals surface area contributed by atoms with Crippen LogP contribution in [0.25, 0.3) is 0 Å². The predicted molar refractivity (Wildman–Crippen MR) is 78.5 cm³/mol. The summed E-state index contributed by atoms with van der Waals surface area (Å²) in [6, 6.07) is 5.14. The second-order valence-corrected chi connectivity index (χ2v) is 5.54. The van der Waals surface area contributed by atoms with Crippen molar-refractivity contribution in [3.05, 3.63) is 23.8 Å². The summed E-state index contributed by atoms with van der Waals surface area (Å²) in [5.74, 6) is -0.0984. The number of benzene rings is 1. The predicted octanol–water partition coefficient (Wildman–Crippen LogP) is 3.03. The summed E-state index contributed by atoms with van der Waals surface area (Å²) in [7, 11) is 4.61. The normalized spacial score (nSPS) is 10.3. The molecule has 0 aliphatic carbocycles. The van der Waals surface area contributed by atoms with Gasteiger partial charge in [-0.25, -0.2) is 4.79 Å². The zero-order valence-electron chi connectivity index (χ0n) is 12.3. The number of amides is 1. The molecule has 0 aliphatic rings. The molecule has 0 aliphatic heterocycles. The minimum Gasteiger partial charge on any atom is -0.490 e. The van der Waals surface area contributed by atoms with Crippen molar-refractivity contribution < 1.29 is 19.1 Å². The van der Waals surface area contributed by atoms with E-state index in [9.17, 15) is 9.59 Å². The lowest BCUT2D eigenvalue weighted by Gasteiger charge is -2.16. The molecule has 0 saturated carbocycles. The molecule has 0 fully saturated rings. The van der Waals surface area contributed by atoms with Gasteiger partial charge in [-0.05, 0) is 37.7 Å². The molecule has 1 aromatic rings. The van der Waals surface area contributed by atoms with Gasteiger partial charge in [-0.2, -0.15) is 0 Å². The van der Waals surface area contributed by atoms with E-state index in [-0.39, 0.29) is 16.9 Å². The second kappa shape index (κ2) is 7.19. The summed E-state index contributed by atoms with van der Waals surface area (Å²) in [5, 5.41) is -0.170. The molecule has 0 atom stereocenters. The van der Waals surface area contributed by atoms with Gasteiger partial charge in [0.15, 0.2) is 0 Å².